The van der Waals surface area contributed by atoms with E-state index in [1.807, 2.05) is 36.4 Å². The van der Waals surface area contributed by atoms with Gasteiger partial charge in [-0.1, -0.05) is 39.7 Å². The highest BCUT2D eigenvalue weighted by Gasteiger charge is 2.13. The molecule has 8 heteroatoms. The molecule has 0 saturated heterocycles. The molecule has 4 rings (SSSR count). The fourth-order valence-electron chi connectivity index (χ4n) is 2.87. The van der Waals surface area contributed by atoms with Crippen LogP contribution in [0.3, 0.4) is 0 Å². The Balaban J connectivity index is 1.69. The molecule has 0 amide bonds. The number of aromatic nitrogens is 2. The van der Waals surface area contributed by atoms with Crippen molar-refractivity contribution in [3.05, 3.63) is 74.1 Å². The van der Waals surface area contributed by atoms with Gasteiger partial charge in [-0.25, -0.2) is 14.8 Å². The molecule has 5 nitrogen and oxygen atoms in total. The molecule has 140 valence electrons. The molecule has 2 aromatic carbocycles. The molecule has 2 aromatic heterocycles. The highest BCUT2D eigenvalue weighted by molar-refractivity contribution is 9.10. The zero-order valence-corrected chi connectivity index (χ0v) is 17.5. The molecule has 0 fully saturated rings. The average molecular weight is 475 g/mol. The first-order chi connectivity index (χ1) is 13.5. The Hall–Kier alpha value is -2.48. The molecule has 0 bridgehead atoms. The number of rotatable bonds is 5. The maximum atomic E-state index is 11.8. The van der Waals surface area contributed by atoms with E-state index in [9.17, 15) is 9.90 Å². The second-order valence-corrected chi connectivity index (χ2v) is 8.65. The zero-order valence-electron chi connectivity index (χ0n) is 14.3. The average Bonchev–Trinajstić information content (AvgIpc) is 3.11. The second kappa shape index (κ2) is 7.87. The summed E-state index contributed by atoms with van der Waals surface area (Å²) in [5.41, 5.74) is 3.20. The summed E-state index contributed by atoms with van der Waals surface area (Å²) < 4.78 is 1.32. The van der Waals surface area contributed by atoms with Gasteiger partial charge in [0.1, 0.15) is 0 Å². The number of thiazole rings is 1. The Kier molecular flexibility index (Phi) is 5.30. The van der Waals surface area contributed by atoms with Crippen molar-refractivity contribution >= 4 is 61.4 Å². The third-order valence-corrected chi connectivity index (χ3v) is 5.76. The van der Waals surface area contributed by atoms with Crippen molar-refractivity contribution in [3.63, 3.8) is 0 Å². The van der Waals surface area contributed by atoms with Gasteiger partial charge in [-0.15, -0.1) is 11.3 Å². The van der Waals surface area contributed by atoms with Crippen molar-refractivity contribution in [2.45, 2.75) is 6.54 Å². The monoisotopic (exact) mass is 473 g/mol. The van der Waals surface area contributed by atoms with Gasteiger partial charge in [-0.3, -0.25) is 0 Å². The molecular formula is C20H13BrClN3O2S. The van der Waals surface area contributed by atoms with E-state index in [1.165, 1.54) is 11.3 Å². The minimum Gasteiger partial charge on any atom is -0.478 e. The van der Waals surface area contributed by atoms with Crippen LogP contribution in [-0.2, 0) is 6.54 Å². The molecule has 0 unspecified atom stereocenters. The van der Waals surface area contributed by atoms with E-state index in [0.29, 0.717) is 27.6 Å². The van der Waals surface area contributed by atoms with Crippen LogP contribution in [0, 0.1) is 0 Å². The Labute approximate surface area is 178 Å². The standard InChI is InChI=1S/C20H13BrClN3O2S/c21-12-4-5-17-15(7-12)16(19(26)27)8-18(25-17)11-2-1-3-13(6-11)23-9-14-10-24-20(22)28-14/h1-8,10,23H,9H2,(H,26,27). The number of fused-ring (bicyclic) bond motifs is 1. The Morgan fingerprint density at radius 2 is 2.07 bits per heavy atom. The summed E-state index contributed by atoms with van der Waals surface area (Å²) in [6.45, 7) is 0.605. The molecule has 0 aliphatic carbocycles. The van der Waals surface area contributed by atoms with Crippen LogP contribution >= 0.6 is 38.9 Å². The summed E-state index contributed by atoms with van der Waals surface area (Å²) >= 11 is 10.7. The van der Waals surface area contributed by atoms with Crippen LogP contribution in [0.1, 0.15) is 15.2 Å². The van der Waals surface area contributed by atoms with Gasteiger partial charge in [0.05, 0.1) is 23.3 Å². The first-order valence-electron chi connectivity index (χ1n) is 8.28. The van der Waals surface area contributed by atoms with E-state index in [-0.39, 0.29) is 5.56 Å². The largest absolute Gasteiger partial charge is 0.478 e. The summed E-state index contributed by atoms with van der Waals surface area (Å²) in [5, 5.41) is 13.6. The quantitative estimate of drug-likeness (QED) is 0.366. The van der Waals surface area contributed by atoms with Gasteiger partial charge in [-0.05, 0) is 36.4 Å². The van der Waals surface area contributed by atoms with Crippen molar-refractivity contribution < 1.29 is 9.90 Å². The fourth-order valence-corrected chi connectivity index (χ4v) is 4.14. The van der Waals surface area contributed by atoms with E-state index in [1.54, 1.807) is 18.3 Å². The number of anilines is 1. The zero-order chi connectivity index (χ0) is 19.7. The fraction of sp³-hybridized carbons (Fsp3) is 0.0500. The number of aromatic carboxylic acids is 1. The lowest BCUT2D eigenvalue weighted by molar-refractivity contribution is 0.0699. The highest BCUT2D eigenvalue weighted by Crippen LogP contribution is 2.29. The lowest BCUT2D eigenvalue weighted by atomic mass is 10.0. The highest BCUT2D eigenvalue weighted by atomic mass is 79.9. The van der Waals surface area contributed by atoms with E-state index >= 15 is 0 Å². The van der Waals surface area contributed by atoms with Gasteiger partial charge in [0.15, 0.2) is 4.47 Å². The van der Waals surface area contributed by atoms with Gasteiger partial charge in [0.25, 0.3) is 0 Å². The predicted octanol–water partition coefficient (Wildman–Crippen LogP) is 6.08. The van der Waals surface area contributed by atoms with Gasteiger partial charge < -0.3 is 10.4 Å². The van der Waals surface area contributed by atoms with Crippen LogP contribution in [0.2, 0.25) is 4.47 Å². The number of nitrogens with one attached hydrogen (secondary N) is 1. The van der Waals surface area contributed by atoms with Crippen LogP contribution < -0.4 is 5.32 Å². The van der Waals surface area contributed by atoms with Crippen molar-refractivity contribution in [1.29, 1.82) is 0 Å². The van der Waals surface area contributed by atoms with Crippen molar-refractivity contribution in [2.75, 3.05) is 5.32 Å². The van der Waals surface area contributed by atoms with E-state index in [2.05, 4.69) is 31.2 Å². The first-order valence-corrected chi connectivity index (χ1v) is 10.3. The van der Waals surface area contributed by atoms with E-state index in [0.717, 1.165) is 20.6 Å². The molecule has 2 heterocycles. The molecule has 2 N–H and O–H groups in total. The van der Waals surface area contributed by atoms with Crippen molar-refractivity contribution in [3.8, 4) is 11.3 Å². The molecule has 0 atom stereocenters. The first kappa shape index (κ1) is 18.9. The number of halogens is 2. The van der Waals surface area contributed by atoms with Crippen LogP contribution in [0.5, 0.6) is 0 Å². The lowest BCUT2D eigenvalue weighted by Gasteiger charge is -2.10. The van der Waals surface area contributed by atoms with Crippen LogP contribution in [-0.4, -0.2) is 21.0 Å². The van der Waals surface area contributed by atoms with Gasteiger partial charge in [0.2, 0.25) is 0 Å². The predicted molar refractivity (Wildman–Crippen MR) is 116 cm³/mol. The SMILES string of the molecule is O=C(O)c1cc(-c2cccc(NCc3cnc(Cl)s3)c2)nc2ccc(Br)cc12. The van der Waals surface area contributed by atoms with Crippen molar-refractivity contribution in [1.82, 2.24) is 9.97 Å². The summed E-state index contributed by atoms with van der Waals surface area (Å²) in [6, 6.07) is 14.8. The van der Waals surface area contributed by atoms with Crippen LogP contribution in [0.4, 0.5) is 5.69 Å². The normalized spacial score (nSPS) is 10.9. The van der Waals surface area contributed by atoms with Gasteiger partial charge >= 0.3 is 5.97 Å². The Bertz CT molecular complexity index is 1200. The third kappa shape index (κ3) is 4.01. The number of carboxylic acids is 1. The number of carboxylic acid groups (broad SMARTS) is 1. The Morgan fingerprint density at radius 1 is 1.21 bits per heavy atom. The van der Waals surface area contributed by atoms with Gasteiger partial charge in [0, 0.05) is 32.2 Å². The van der Waals surface area contributed by atoms with Gasteiger partial charge in [-0.2, -0.15) is 0 Å². The molecule has 0 aliphatic rings. The van der Waals surface area contributed by atoms with E-state index < -0.39 is 5.97 Å². The number of hydrogen-bond acceptors (Lipinski definition) is 5. The summed E-state index contributed by atoms with van der Waals surface area (Å²) in [4.78, 5) is 21.5. The molecule has 0 aliphatic heterocycles. The molecule has 0 spiro atoms. The molecular weight excluding hydrogens is 462 g/mol. The van der Waals surface area contributed by atoms with Crippen molar-refractivity contribution in [2.24, 2.45) is 0 Å². The maximum Gasteiger partial charge on any atom is 0.336 e. The summed E-state index contributed by atoms with van der Waals surface area (Å²) in [6.07, 6.45) is 1.74. The molecule has 0 radical (unpaired) electrons. The number of carbonyl (C=O) groups is 1. The summed E-state index contributed by atoms with van der Waals surface area (Å²) in [7, 11) is 0. The maximum absolute atomic E-state index is 11.8. The molecule has 28 heavy (non-hydrogen) atoms. The molecule has 0 saturated carbocycles. The summed E-state index contributed by atoms with van der Waals surface area (Å²) in [5.74, 6) is -0.983. The lowest BCUT2D eigenvalue weighted by Crippen LogP contribution is -2.01. The second-order valence-electron chi connectivity index (χ2n) is 6.04. The Morgan fingerprint density at radius 3 is 2.82 bits per heavy atom. The smallest absolute Gasteiger partial charge is 0.336 e. The van der Waals surface area contributed by atoms with Crippen LogP contribution in [0.15, 0.2) is 59.2 Å². The minimum absolute atomic E-state index is 0.221. The molecule has 4 aromatic rings. The number of pyridine rings is 1. The number of benzene rings is 2. The number of hydrogen-bond donors (Lipinski definition) is 2. The number of nitrogens with zero attached hydrogens (tertiary/aromatic N) is 2. The van der Waals surface area contributed by atoms with Crippen LogP contribution in [0.25, 0.3) is 22.2 Å². The van der Waals surface area contributed by atoms with E-state index in [4.69, 9.17) is 11.6 Å². The minimum atomic E-state index is -0.983. The third-order valence-electron chi connectivity index (χ3n) is 4.15. The topological polar surface area (TPSA) is 75.1 Å².